The van der Waals surface area contributed by atoms with E-state index in [9.17, 15) is 4.79 Å². The van der Waals surface area contributed by atoms with Crippen molar-refractivity contribution in [2.75, 3.05) is 6.54 Å². The van der Waals surface area contributed by atoms with Gasteiger partial charge in [0.05, 0.1) is 6.04 Å². The van der Waals surface area contributed by atoms with Gasteiger partial charge in [-0.1, -0.05) is 29.8 Å². The molecule has 1 aromatic rings. The van der Waals surface area contributed by atoms with Crippen molar-refractivity contribution in [3.8, 4) is 0 Å². The molecule has 1 aromatic carbocycles. The van der Waals surface area contributed by atoms with Crippen LogP contribution in [-0.2, 0) is 11.3 Å². The van der Waals surface area contributed by atoms with Crippen LogP contribution in [0.5, 0.6) is 0 Å². The number of carbonyl (C=O) groups is 1. The van der Waals surface area contributed by atoms with Crippen LogP contribution in [0, 0.1) is 6.92 Å². The molecule has 1 heterocycles. The molecule has 3 nitrogen and oxygen atoms in total. The van der Waals surface area contributed by atoms with Gasteiger partial charge in [0.15, 0.2) is 0 Å². The Kier molecular flexibility index (Phi) is 4.77. The summed E-state index contributed by atoms with van der Waals surface area (Å²) >= 11 is 0. The molecule has 0 spiro atoms. The summed E-state index contributed by atoms with van der Waals surface area (Å²) < 4.78 is 0. The van der Waals surface area contributed by atoms with Crippen molar-refractivity contribution in [3.05, 3.63) is 35.4 Å². The maximum Gasteiger partial charge on any atom is 0.237 e. The summed E-state index contributed by atoms with van der Waals surface area (Å²) in [6, 6.07) is 8.25. The zero-order chi connectivity index (χ0) is 10.7. The van der Waals surface area contributed by atoms with Gasteiger partial charge in [-0.05, 0) is 25.5 Å². The number of halogens is 1. The summed E-state index contributed by atoms with van der Waals surface area (Å²) in [5.74, 6) is 0.113. The van der Waals surface area contributed by atoms with Crippen LogP contribution in [0.25, 0.3) is 0 Å². The van der Waals surface area contributed by atoms with Crippen LogP contribution in [0.1, 0.15) is 17.5 Å². The molecule has 0 bridgehead atoms. The van der Waals surface area contributed by atoms with E-state index in [1.165, 1.54) is 5.56 Å². The number of nitrogens with one attached hydrogen (secondary N) is 2. The molecule has 1 aliphatic rings. The molecule has 1 fully saturated rings. The smallest absolute Gasteiger partial charge is 0.237 e. The monoisotopic (exact) mass is 240 g/mol. The first-order chi connectivity index (χ1) is 7.25. The van der Waals surface area contributed by atoms with Crippen LogP contribution in [0.4, 0.5) is 0 Å². The minimum Gasteiger partial charge on any atom is -0.351 e. The van der Waals surface area contributed by atoms with Crippen LogP contribution < -0.4 is 10.6 Å². The number of rotatable bonds is 3. The fourth-order valence-corrected chi connectivity index (χ4v) is 1.53. The number of aryl methyl sites for hydroxylation is 1. The van der Waals surface area contributed by atoms with Crippen molar-refractivity contribution in [2.24, 2.45) is 0 Å². The molecule has 4 heteroatoms. The fourth-order valence-electron chi connectivity index (χ4n) is 1.53. The van der Waals surface area contributed by atoms with E-state index in [1.807, 2.05) is 12.1 Å². The van der Waals surface area contributed by atoms with E-state index in [2.05, 4.69) is 29.7 Å². The Bertz CT molecular complexity index is 347. The molecule has 16 heavy (non-hydrogen) atoms. The van der Waals surface area contributed by atoms with Gasteiger partial charge in [-0.3, -0.25) is 4.79 Å². The Labute approximate surface area is 102 Å². The highest BCUT2D eigenvalue weighted by molar-refractivity contribution is 5.85. The van der Waals surface area contributed by atoms with E-state index in [1.54, 1.807) is 0 Å². The lowest BCUT2D eigenvalue weighted by Crippen LogP contribution is -2.52. The topological polar surface area (TPSA) is 41.1 Å². The highest BCUT2D eigenvalue weighted by Crippen LogP contribution is 2.04. The molecule has 1 atom stereocenters. The van der Waals surface area contributed by atoms with Gasteiger partial charge in [0.25, 0.3) is 0 Å². The van der Waals surface area contributed by atoms with Crippen molar-refractivity contribution >= 4 is 18.3 Å². The largest absolute Gasteiger partial charge is 0.351 e. The first-order valence-electron chi connectivity index (χ1n) is 5.32. The molecule has 2 rings (SSSR count). The van der Waals surface area contributed by atoms with Gasteiger partial charge < -0.3 is 10.6 Å². The molecule has 1 aliphatic heterocycles. The Balaban J connectivity index is 0.00000128. The van der Waals surface area contributed by atoms with Gasteiger partial charge in [-0.25, -0.2) is 0 Å². The highest BCUT2D eigenvalue weighted by atomic mass is 35.5. The lowest BCUT2D eigenvalue weighted by molar-refractivity contribution is -0.124. The summed E-state index contributed by atoms with van der Waals surface area (Å²) in [6.07, 6.45) is 0.958. The predicted molar refractivity (Wildman–Crippen MR) is 66.7 cm³/mol. The Morgan fingerprint density at radius 2 is 2.06 bits per heavy atom. The number of hydrogen-bond acceptors (Lipinski definition) is 2. The normalized spacial score (nSPS) is 18.2. The lowest BCUT2D eigenvalue weighted by Gasteiger charge is -2.26. The molecule has 2 N–H and O–H groups in total. The molecule has 0 unspecified atom stereocenters. The number of benzene rings is 1. The zero-order valence-electron chi connectivity index (χ0n) is 9.32. The van der Waals surface area contributed by atoms with Gasteiger partial charge in [-0.15, -0.1) is 12.4 Å². The van der Waals surface area contributed by atoms with Gasteiger partial charge in [-0.2, -0.15) is 0 Å². The SMILES string of the molecule is Cc1ccc(CNC(=O)[C@H]2CCN2)cc1.Cl. The molecule has 0 saturated carbocycles. The molecule has 0 aliphatic carbocycles. The van der Waals surface area contributed by atoms with Crippen LogP contribution in [0.15, 0.2) is 24.3 Å². The van der Waals surface area contributed by atoms with Crippen molar-refractivity contribution in [1.82, 2.24) is 10.6 Å². The second-order valence-corrected chi connectivity index (χ2v) is 4.00. The third kappa shape index (κ3) is 3.22. The third-order valence-corrected chi connectivity index (χ3v) is 2.73. The Hall–Kier alpha value is -1.06. The molecule has 88 valence electrons. The van der Waals surface area contributed by atoms with Crippen LogP contribution >= 0.6 is 12.4 Å². The minimum absolute atomic E-state index is 0. The van der Waals surface area contributed by atoms with E-state index < -0.39 is 0 Å². The molecule has 0 aromatic heterocycles. The zero-order valence-corrected chi connectivity index (χ0v) is 10.1. The second-order valence-electron chi connectivity index (χ2n) is 4.00. The first kappa shape index (κ1) is 13.0. The van der Waals surface area contributed by atoms with Gasteiger partial charge in [0.1, 0.15) is 0 Å². The van der Waals surface area contributed by atoms with Crippen LogP contribution in [-0.4, -0.2) is 18.5 Å². The van der Waals surface area contributed by atoms with Crippen molar-refractivity contribution in [1.29, 1.82) is 0 Å². The van der Waals surface area contributed by atoms with Gasteiger partial charge in [0.2, 0.25) is 5.91 Å². The maximum atomic E-state index is 11.5. The van der Waals surface area contributed by atoms with Gasteiger partial charge >= 0.3 is 0 Å². The average Bonchev–Trinajstić information content (AvgIpc) is 2.14. The van der Waals surface area contributed by atoms with E-state index >= 15 is 0 Å². The van der Waals surface area contributed by atoms with Crippen LogP contribution in [0.3, 0.4) is 0 Å². The Morgan fingerprint density at radius 1 is 1.44 bits per heavy atom. The molecular formula is C12H17ClN2O. The summed E-state index contributed by atoms with van der Waals surface area (Å²) in [7, 11) is 0. The van der Waals surface area contributed by atoms with E-state index in [-0.39, 0.29) is 24.4 Å². The number of hydrogen-bond donors (Lipinski definition) is 2. The Morgan fingerprint density at radius 3 is 2.56 bits per heavy atom. The second kappa shape index (κ2) is 5.87. The van der Waals surface area contributed by atoms with Crippen LogP contribution in [0.2, 0.25) is 0 Å². The van der Waals surface area contributed by atoms with Crippen molar-refractivity contribution in [3.63, 3.8) is 0 Å². The quantitative estimate of drug-likeness (QED) is 0.839. The molecular weight excluding hydrogens is 224 g/mol. The summed E-state index contributed by atoms with van der Waals surface area (Å²) in [5, 5.41) is 6.00. The van der Waals surface area contributed by atoms with Crippen molar-refractivity contribution in [2.45, 2.75) is 25.9 Å². The minimum atomic E-state index is 0. The van der Waals surface area contributed by atoms with Gasteiger partial charge in [0, 0.05) is 6.54 Å². The van der Waals surface area contributed by atoms with Crippen molar-refractivity contribution < 1.29 is 4.79 Å². The lowest BCUT2D eigenvalue weighted by atomic mass is 10.1. The molecule has 0 radical (unpaired) electrons. The standard InChI is InChI=1S/C12H16N2O.ClH/c1-9-2-4-10(5-3-9)8-14-12(15)11-6-7-13-11;/h2-5,11,13H,6-8H2,1H3,(H,14,15);1H/t11-;/m1./s1. The maximum absolute atomic E-state index is 11.5. The number of amides is 1. The van der Waals surface area contributed by atoms with E-state index in [0.29, 0.717) is 6.54 Å². The molecule has 1 amide bonds. The summed E-state index contributed by atoms with van der Waals surface area (Å²) in [5.41, 5.74) is 2.39. The number of carbonyl (C=O) groups excluding carboxylic acids is 1. The van der Waals surface area contributed by atoms with E-state index in [0.717, 1.165) is 18.5 Å². The third-order valence-electron chi connectivity index (χ3n) is 2.73. The fraction of sp³-hybridized carbons (Fsp3) is 0.417. The first-order valence-corrected chi connectivity index (χ1v) is 5.32. The summed E-state index contributed by atoms with van der Waals surface area (Å²) in [6.45, 7) is 3.64. The highest BCUT2D eigenvalue weighted by Gasteiger charge is 2.23. The summed E-state index contributed by atoms with van der Waals surface area (Å²) in [4.78, 5) is 11.5. The van der Waals surface area contributed by atoms with E-state index in [4.69, 9.17) is 0 Å². The average molecular weight is 241 g/mol. The molecule has 1 saturated heterocycles. The predicted octanol–water partition coefficient (Wildman–Crippen LogP) is 1.39.